The molecule has 0 aliphatic rings. The first kappa shape index (κ1) is 14.8. The van der Waals surface area contributed by atoms with Gasteiger partial charge in [0, 0.05) is 23.0 Å². The lowest BCUT2D eigenvalue weighted by Gasteiger charge is -2.08. The highest BCUT2D eigenvalue weighted by atomic mass is 16.5. The molecule has 0 saturated heterocycles. The molecular weight excluding hydrogens is 288 g/mol. The van der Waals surface area contributed by atoms with Crippen LogP contribution in [0, 0.1) is 0 Å². The number of methoxy groups -OCH3 is 1. The number of carbonyl (C=O) groups is 1. The van der Waals surface area contributed by atoms with Gasteiger partial charge in [-0.1, -0.05) is 30.3 Å². The van der Waals surface area contributed by atoms with Crippen molar-refractivity contribution in [3.63, 3.8) is 0 Å². The lowest BCUT2D eigenvalue weighted by atomic mass is 10.1. The quantitative estimate of drug-likeness (QED) is 0.792. The average molecular weight is 304 g/mol. The zero-order valence-corrected chi connectivity index (χ0v) is 12.7. The fourth-order valence-corrected chi connectivity index (χ4v) is 2.28. The van der Waals surface area contributed by atoms with Gasteiger partial charge in [-0.3, -0.25) is 9.78 Å². The van der Waals surface area contributed by atoms with Crippen LogP contribution in [0.3, 0.4) is 0 Å². The van der Waals surface area contributed by atoms with Gasteiger partial charge in [-0.05, 0) is 36.4 Å². The third-order valence-electron chi connectivity index (χ3n) is 3.44. The van der Waals surface area contributed by atoms with Gasteiger partial charge in [-0.2, -0.15) is 0 Å². The minimum absolute atomic E-state index is 0.143. The van der Waals surface area contributed by atoms with Crippen molar-refractivity contribution in [1.29, 1.82) is 0 Å². The van der Waals surface area contributed by atoms with Crippen molar-refractivity contribution in [3.8, 4) is 17.0 Å². The van der Waals surface area contributed by atoms with Crippen molar-refractivity contribution >= 4 is 11.6 Å². The number of nitrogens with zero attached hydrogens (tertiary/aromatic N) is 1. The van der Waals surface area contributed by atoms with Crippen molar-refractivity contribution in [2.45, 2.75) is 0 Å². The van der Waals surface area contributed by atoms with E-state index in [1.54, 1.807) is 25.4 Å². The molecule has 23 heavy (non-hydrogen) atoms. The summed E-state index contributed by atoms with van der Waals surface area (Å²) in [6.45, 7) is 0. The van der Waals surface area contributed by atoms with Crippen LogP contribution in [-0.4, -0.2) is 18.0 Å². The van der Waals surface area contributed by atoms with Gasteiger partial charge in [0.1, 0.15) is 11.4 Å². The van der Waals surface area contributed by atoms with Crippen LogP contribution in [0.25, 0.3) is 11.3 Å². The van der Waals surface area contributed by atoms with Crippen LogP contribution in [0.4, 0.5) is 5.69 Å². The van der Waals surface area contributed by atoms with Crippen molar-refractivity contribution in [2.75, 3.05) is 12.4 Å². The summed E-state index contributed by atoms with van der Waals surface area (Å²) in [5.74, 6) is 0.560. The summed E-state index contributed by atoms with van der Waals surface area (Å²) < 4.78 is 5.31. The Bertz CT molecular complexity index is 799. The molecule has 0 aliphatic carbocycles. The summed E-state index contributed by atoms with van der Waals surface area (Å²) in [5, 5.41) is 2.86. The number of hydrogen-bond acceptors (Lipinski definition) is 3. The molecule has 3 aromatic rings. The Hall–Kier alpha value is -3.14. The number of para-hydroxylation sites is 1. The summed E-state index contributed by atoms with van der Waals surface area (Å²) in [7, 11) is 1.61. The van der Waals surface area contributed by atoms with Crippen molar-refractivity contribution in [2.24, 2.45) is 0 Å². The van der Waals surface area contributed by atoms with E-state index in [4.69, 9.17) is 4.74 Å². The predicted molar refractivity (Wildman–Crippen MR) is 90.6 cm³/mol. The zero-order valence-electron chi connectivity index (χ0n) is 12.7. The van der Waals surface area contributed by atoms with Gasteiger partial charge in [-0.15, -0.1) is 0 Å². The molecule has 114 valence electrons. The molecule has 1 heterocycles. The number of carbonyl (C=O) groups excluding carboxylic acids is 1. The van der Waals surface area contributed by atoms with Crippen LogP contribution in [-0.2, 0) is 0 Å². The SMILES string of the molecule is COc1cccnc1-c1ccc(C(=O)Nc2ccccc2)cc1. The van der Waals surface area contributed by atoms with Crippen LogP contribution in [0.1, 0.15) is 10.4 Å². The molecule has 3 rings (SSSR count). The van der Waals surface area contributed by atoms with Crippen LogP contribution in [0.15, 0.2) is 72.9 Å². The molecule has 0 radical (unpaired) electrons. The molecule has 0 fully saturated rings. The number of pyridine rings is 1. The Kier molecular flexibility index (Phi) is 4.34. The first-order valence-corrected chi connectivity index (χ1v) is 7.24. The maximum absolute atomic E-state index is 12.2. The van der Waals surface area contributed by atoms with Crippen LogP contribution < -0.4 is 10.1 Å². The Morgan fingerprint density at radius 1 is 0.957 bits per heavy atom. The van der Waals surface area contributed by atoms with Crippen molar-refractivity contribution in [3.05, 3.63) is 78.5 Å². The number of rotatable bonds is 4. The second-order valence-electron chi connectivity index (χ2n) is 4.95. The highest BCUT2D eigenvalue weighted by Crippen LogP contribution is 2.27. The van der Waals surface area contributed by atoms with Gasteiger partial charge in [0.25, 0.3) is 5.91 Å². The van der Waals surface area contributed by atoms with Gasteiger partial charge < -0.3 is 10.1 Å². The molecule has 0 bridgehead atoms. The molecule has 0 aliphatic heterocycles. The molecule has 0 spiro atoms. The lowest BCUT2D eigenvalue weighted by Crippen LogP contribution is -2.11. The molecule has 4 nitrogen and oxygen atoms in total. The Morgan fingerprint density at radius 2 is 1.70 bits per heavy atom. The molecule has 2 aromatic carbocycles. The number of nitrogens with one attached hydrogen (secondary N) is 1. The summed E-state index contributed by atoms with van der Waals surface area (Å²) in [6.07, 6.45) is 1.72. The normalized spacial score (nSPS) is 10.1. The Morgan fingerprint density at radius 3 is 2.39 bits per heavy atom. The van der Waals surface area contributed by atoms with Crippen molar-refractivity contribution < 1.29 is 9.53 Å². The van der Waals surface area contributed by atoms with E-state index in [9.17, 15) is 4.79 Å². The standard InChI is InChI=1S/C19H16N2O2/c1-23-17-8-5-13-20-18(17)14-9-11-15(12-10-14)19(22)21-16-6-3-2-4-7-16/h2-13H,1H3,(H,21,22). The fourth-order valence-electron chi connectivity index (χ4n) is 2.28. The molecule has 1 N–H and O–H groups in total. The Balaban J connectivity index is 1.80. The molecule has 1 amide bonds. The number of amides is 1. The molecule has 1 aromatic heterocycles. The number of anilines is 1. The molecule has 0 atom stereocenters. The maximum Gasteiger partial charge on any atom is 0.255 e. The predicted octanol–water partition coefficient (Wildman–Crippen LogP) is 4.01. The largest absolute Gasteiger partial charge is 0.494 e. The minimum Gasteiger partial charge on any atom is -0.494 e. The van der Waals surface area contributed by atoms with Gasteiger partial charge >= 0.3 is 0 Å². The van der Waals surface area contributed by atoms with E-state index in [2.05, 4.69) is 10.3 Å². The molecular formula is C19H16N2O2. The smallest absolute Gasteiger partial charge is 0.255 e. The van der Waals surface area contributed by atoms with Crippen LogP contribution >= 0.6 is 0 Å². The number of aromatic nitrogens is 1. The Labute approximate surface area is 134 Å². The molecule has 4 heteroatoms. The van der Waals surface area contributed by atoms with E-state index in [0.29, 0.717) is 11.3 Å². The van der Waals surface area contributed by atoms with Gasteiger partial charge in [0.05, 0.1) is 7.11 Å². The summed E-state index contributed by atoms with van der Waals surface area (Å²) in [4.78, 5) is 16.6. The van der Waals surface area contributed by atoms with E-state index >= 15 is 0 Å². The van der Waals surface area contributed by atoms with Gasteiger partial charge in [0.2, 0.25) is 0 Å². The first-order valence-electron chi connectivity index (χ1n) is 7.24. The van der Waals surface area contributed by atoms with E-state index in [-0.39, 0.29) is 5.91 Å². The van der Waals surface area contributed by atoms with Crippen LogP contribution in [0.2, 0.25) is 0 Å². The van der Waals surface area contributed by atoms with Gasteiger partial charge in [-0.25, -0.2) is 0 Å². The third-order valence-corrected chi connectivity index (χ3v) is 3.44. The average Bonchev–Trinajstić information content (AvgIpc) is 2.62. The summed E-state index contributed by atoms with van der Waals surface area (Å²) in [5.41, 5.74) is 3.02. The van der Waals surface area contributed by atoms with E-state index in [1.807, 2.05) is 54.6 Å². The van der Waals surface area contributed by atoms with Crippen LogP contribution in [0.5, 0.6) is 5.75 Å². The minimum atomic E-state index is -0.143. The monoisotopic (exact) mass is 304 g/mol. The van der Waals surface area contributed by atoms with Gasteiger partial charge in [0.15, 0.2) is 0 Å². The fraction of sp³-hybridized carbons (Fsp3) is 0.0526. The third kappa shape index (κ3) is 3.37. The number of benzene rings is 2. The second kappa shape index (κ2) is 6.75. The molecule has 0 saturated carbocycles. The second-order valence-corrected chi connectivity index (χ2v) is 4.95. The maximum atomic E-state index is 12.2. The summed E-state index contributed by atoms with van der Waals surface area (Å²) >= 11 is 0. The lowest BCUT2D eigenvalue weighted by molar-refractivity contribution is 0.102. The van der Waals surface area contributed by atoms with E-state index in [0.717, 1.165) is 16.9 Å². The molecule has 0 unspecified atom stereocenters. The highest BCUT2D eigenvalue weighted by molar-refractivity contribution is 6.04. The first-order chi connectivity index (χ1) is 11.3. The van der Waals surface area contributed by atoms with Crippen molar-refractivity contribution in [1.82, 2.24) is 4.98 Å². The van der Waals surface area contributed by atoms with E-state index in [1.165, 1.54) is 0 Å². The number of ether oxygens (including phenoxy) is 1. The topological polar surface area (TPSA) is 51.2 Å². The number of hydrogen-bond donors (Lipinski definition) is 1. The highest BCUT2D eigenvalue weighted by Gasteiger charge is 2.09. The van der Waals surface area contributed by atoms with E-state index < -0.39 is 0 Å². The zero-order chi connectivity index (χ0) is 16.1. The summed E-state index contributed by atoms with van der Waals surface area (Å²) in [6, 6.07) is 20.3.